The van der Waals surface area contributed by atoms with Crippen molar-refractivity contribution in [3.63, 3.8) is 0 Å². The first kappa shape index (κ1) is 8.52. The summed E-state index contributed by atoms with van der Waals surface area (Å²) in [5.41, 5.74) is 0. The molecule has 0 aliphatic heterocycles. The third kappa shape index (κ3) is 2.18. The van der Waals surface area contributed by atoms with E-state index < -0.39 is 0 Å². The summed E-state index contributed by atoms with van der Waals surface area (Å²) in [7, 11) is 0. The fourth-order valence-electron chi connectivity index (χ4n) is 0.657. The van der Waals surface area contributed by atoms with Crippen LogP contribution in [-0.2, 0) is 0 Å². The zero-order chi connectivity index (χ0) is 8.27. The van der Waals surface area contributed by atoms with Crippen LogP contribution < -0.4 is 4.74 Å². The maximum atomic E-state index is 12.8. The maximum absolute atomic E-state index is 12.8. The minimum atomic E-state index is -0.370. The average molecular weight is 264 g/mol. The van der Waals surface area contributed by atoms with Gasteiger partial charge < -0.3 is 4.74 Å². The summed E-state index contributed by atoms with van der Waals surface area (Å²) in [5, 5.41) is 0. The van der Waals surface area contributed by atoms with E-state index in [-0.39, 0.29) is 11.6 Å². The molecule has 0 unspecified atom stereocenters. The zero-order valence-corrected chi connectivity index (χ0v) is 7.84. The molecule has 1 aromatic rings. The van der Waals surface area contributed by atoms with Crippen LogP contribution in [0.2, 0.25) is 0 Å². The van der Waals surface area contributed by atoms with Gasteiger partial charge in [0.05, 0.1) is 6.26 Å². The van der Waals surface area contributed by atoms with Crippen molar-refractivity contribution in [2.45, 2.75) is 0 Å². The average Bonchev–Trinajstić information content (AvgIpc) is 1.98. The van der Waals surface area contributed by atoms with E-state index in [0.29, 0.717) is 0 Å². The van der Waals surface area contributed by atoms with E-state index >= 15 is 0 Å². The number of halogens is 2. The molecule has 0 fully saturated rings. The Labute approximate surface area is 78.0 Å². The molecular formula is C8H6FIO. The van der Waals surface area contributed by atoms with Crippen molar-refractivity contribution in [1.82, 2.24) is 0 Å². The molecule has 0 aliphatic carbocycles. The van der Waals surface area contributed by atoms with Crippen molar-refractivity contribution in [3.8, 4) is 5.75 Å². The smallest absolute Gasteiger partial charge is 0.165 e. The molecule has 0 amide bonds. The van der Waals surface area contributed by atoms with Crippen molar-refractivity contribution in [2.24, 2.45) is 0 Å². The highest BCUT2D eigenvalue weighted by Crippen LogP contribution is 2.19. The summed E-state index contributed by atoms with van der Waals surface area (Å²) in [5.74, 6) is -0.155. The minimum Gasteiger partial charge on any atom is -0.463 e. The Morgan fingerprint density at radius 2 is 2.27 bits per heavy atom. The standard InChI is InChI=1S/C8H6FIO/c1-2-11-8-5-6(10)3-4-7(8)9/h2-5H,1H2. The van der Waals surface area contributed by atoms with Crippen LogP contribution in [0.15, 0.2) is 31.0 Å². The van der Waals surface area contributed by atoms with Gasteiger partial charge >= 0.3 is 0 Å². The van der Waals surface area contributed by atoms with Gasteiger partial charge in [0.1, 0.15) is 0 Å². The fourth-order valence-corrected chi connectivity index (χ4v) is 1.12. The van der Waals surface area contributed by atoms with Crippen LogP contribution in [0, 0.1) is 9.39 Å². The Morgan fingerprint density at radius 3 is 2.91 bits per heavy atom. The molecule has 0 N–H and O–H groups in total. The molecule has 1 rings (SSSR count). The van der Waals surface area contributed by atoms with Gasteiger partial charge in [0.15, 0.2) is 11.6 Å². The van der Waals surface area contributed by atoms with E-state index in [1.165, 1.54) is 12.3 Å². The van der Waals surface area contributed by atoms with Crippen molar-refractivity contribution in [3.05, 3.63) is 40.4 Å². The molecule has 1 nitrogen and oxygen atoms in total. The SMILES string of the molecule is C=COc1cc(I)ccc1F. The number of hydrogen-bond acceptors (Lipinski definition) is 1. The van der Waals surface area contributed by atoms with Gasteiger partial charge in [0, 0.05) is 3.57 Å². The van der Waals surface area contributed by atoms with Gasteiger partial charge in [-0.05, 0) is 40.8 Å². The first-order valence-corrected chi connectivity index (χ1v) is 4.04. The van der Waals surface area contributed by atoms with E-state index in [0.717, 1.165) is 3.57 Å². The van der Waals surface area contributed by atoms with Crippen molar-refractivity contribution in [1.29, 1.82) is 0 Å². The molecule has 0 saturated heterocycles. The van der Waals surface area contributed by atoms with Gasteiger partial charge in [0.2, 0.25) is 0 Å². The molecule has 0 heterocycles. The summed E-state index contributed by atoms with van der Waals surface area (Å²) in [4.78, 5) is 0. The Hall–Kier alpha value is -0.580. The molecule has 0 radical (unpaired) electrons. The lowest BCUT2D eigenvalue weighted by Crippen LogP contribution is -1.86. The van der Waals surface area contributed by atoms with Gasteiger partial charge in [-0.3, -0.25) is 0 Å². The maximum Gasteiger partial charge on any atom is 0.165 e. The van der Waals surface area contributed by atoms with Gasteiger partial charge in [-0.15, -0.1) is 0 Å². The highest BCUT2D eigenvalue weighted by atomic mass is 127. The van der Waals surface area contributed by atoms with Crippen LogP contribution in [0.25, 0.3) is 0 Å². The quantitative estimate of drug-likeness (QED) is 0.589. The van der Waals surface area contributed by atoms with Crippen LogP contribution in [0.5, 0.6) is 5.75 Å². The first-order chi connectivity index (χ1) is 5.24. The molecule has 1 aromatic carbocycles. The van der Waals surface area contributed by atoms with E-state index in [1.807, 2.05) is 0 Å². The van der Waals surface area contributed by atoms with E-state index in [9.17, 15) is 4.39 Å². The fraction of sp³-hybridized carbons (Fsp3) is 0. The molecule has 0 spiro atoms. The molecule has 0 aromatic heterocycles. The topological polar surface area (TPSA) is 9.23 Å². The largest absolute Gasteiger partial charge is 0.463 e. The van der Waals surface area contributed by atoms with E-state index in [4.69, 9.17) is 4.74 Å². The van der Waals surface area contributed by atoms with Crippen molar-refractivity contribution >= 4 is 22.6 Å². The Morgan fingerprint density at radius 1 is 1.55 bits per heavy atom. The third-order valence-corrected chi connectivity index (χ3v) is 1.77. The highest BCUT2D eigenvalue weighted by molar-refractivity contribution is 14.1. The van der Waals surface area contributed by atoms with Gasteiger partial charge in [-0.25, -0.2) is 4.39 Å². The molecule has 0 atom stereocenters. The minimum absolute atomic E-state index is 0.215. The molecule has 3 heteroatoms. The number of ether oxygens (including phenoxy) is 1. The Bertz CT molecular complexity index is 273. The predicted molar refractivity (Wildman–Crippen MR) is 49.9 cm³/mol. The second kappa shape index (κ2) is 3.71. The van der Waals surface area contributed by atoms with E-state index in [1.54, 1.807) is 12.1 Å². The lowest BCUT2D eigenvalue weighted by molar-refractivity contribution is 0.442. The lowest BCUT2D eigenvalue weighted by atomic mass is 10.3. The van der Waals surface area contributed by atoms with Crippen LogP contribution in [0.3, 0.4) is 0 Å². The third-order valence-electron chi connectivity index (χ3n) is 1.10. The molecule has 0 aliphatic rings. The molecular weight excluding hydrogens is 258 g/mol. The number of benzene rings is 1. The second-order valence-electron chi connectivity index (χ2n) is 1.86. The normalized spacial score (nSPS) is 9.27. The van der Waals surface area contributed by atoms with Crippen molar-refractivity contribution in [2.75, 3.05) is 0 Å². The molecule has 0 saturated carbocycles. The molecule has 58 valence electrons. The van der Waals surface area contributed by atoms with Gasteiger partial charge in [0.25, 0.3) is 0 Å². The number of hydrogen-bond donors (Lipinski definition) is 0. The molecule has 0 bridgehead atoms. The Kier molecular flexibility index (Phi) is 2.87. The summed E-state index contributed by atoms with van der Waals surface area (Å²) in [6.45, 7) is 3.34. The van der Waals surface area contributed by atoms with E-state index in [2.05, 4.69) is 29.2 Å². The number of rotatable bonds is 2. The van der Waals surface area contributed by atoms with Crippen LogP contribution in [-0.4, -0.2) is 0 Å². The van der Waals surface area contributed by atoms with Gasteiger partial charge in [-0.1, -0.05) is 6.58 Å². The zero-order valence-electron chi connectivity index (χ0n) is 5.68. The summed E-state index contributed by atoms with van der Waals surface area (Å²) in [6, 6.07) is 4.64. The van der Waals surface area contributed by atoms with Gasteiger partial charge in [-0.2, -0.15) is 0 Å². The monoisotopic (exact) mass is 264 g/mol. The second-order valence-corrected chi connectivity index (χ2v) is 3.10. The lowest BCUT2D eigenvalue weighted by Gasteiger charge is -2.00. The van der Waals surface area contributed by atoms with Crippen molar-refractivity contribution < 1.29 is 9.13 Å². The van der Waals surface area contributed by atoms with Crippen LogP contribution >= 0.6 is 22.6 Å². The highest BCUT2D eigenvalue weighted by Gasteiger charge is 2.00. The molecule has 11 heavy (non-hydrogen) atoms. The summed E-state index contributed by atoms with van der Waals surface area (Å²) < 4.78 is 18.5. The predicted octanol–water partition coefficient (Wildman–Crippen LogP) is 2.95. The Balaban J connectivity index is 3.01. The van der Waals surface area contributed by atoms with Crippen LogP contribution in [0.4, 0.5) is 4.39 Å². The summed E-state index contributed by atoms with van der Waals surface area (Å²) >= 11 is 2.08. The van der Waals surface area contributed by atoms with Crippen LogP contribution in [0.1, 0.15) is 0 Å². The first-order valence-electron chi connectivity index (χ1n) is 2.96. The summed E-state index contributed by atoms with van der Waals surface area (Å²) in [6.07, 6.45) is 1.20.